The number of rotatable bonds is 7. The number of nitriles is 1. The average molecular weight is 183 g/mol. The summed E-state index contributed by atoms with van der Waals surface area (Å²) >= 11 is 0. The lowest BCUT2D eigenvalue weighted by molar-refractivity contribution is -0.0690. The highest BCUT2D eigenvalue weighted by atomic mass is 16.7. The molecule has 0 radical (unpaired) electrons. The number of hydrogen-bond acceptors (Lipinski definition) is 3. The van der Waals surface area contributed by atoms with Crippen LogP contribution >= 0.6 is 0 Å². The normalized spacial score (nSPS) is 12.5. The minimum Gasteiger partial charge on any atom is -0.351 e. The molecule has 0 saturated heterocycles. The molecule has 0 aromatic heterocycles. The van der Waals surface area contributed by atoms with Gasteiger partial charge in [-0.2, -0.15) is 5.26 Å². The summed E-state index contributed by atoms with van der Waals surface area (Å²) in [5.74, 6) is 0.462. The highest BCUT2D eigenvalue weighted by Gasteiger charge is 2.09. The zero-order valence-corrected chi connectivity index (χ0v) is 8.32. The van der Waals surface area contributed by atoms with Crippen LogP contribution in [0.5, 0.6) is 0 Å². The second kappa shape index (κ2) is 7.78. The van der Waals surface area contributed by atoms with E-state index in [1.54, 1.807) is 6.08 Å². The minimum absolute atomic E-state index is 0.164. The first-order valence-electron chi connectivity index (χ1n) is 4.40. The smallest absolute Gasteiger partial charge is 0.148 e. The van der Waals surface area contributed by atoms with Crippen molar-refractivity contribution in [3.8, 4) is 6.07 Å². The lowest BCUT2D eigenvalue weighted by atomic mass is 10.1. The van der Waals surface area contributed by atoms with Crippen LogP contribution in [0.15, 0.2) is 12.7 Å². The molecule has 0 saturated carbocycles. The molecule has 0 aromatic rings. The maximum Gasteiger partial charge on any atom is 0.148 e. The Labute approximate surface area is 80.0 Å². The van der Waals surface area contributed by atoms with Gasteiger partial charge >= 0.3 is 0 Å². The second-order valence-corrected chi connectivity index (χ2v) is 3.19. The van der Waals surface area contributed by atoms with Crippen molar-refractivity contribution in [2.75, 3.05) is 13.4 Å². The number of ether oxygens (including phenoxy) is 2. The van der Waals surface area contributed by atoms with E-state index in [9.17, 15) is 0 Å². The van der Waals surface area contributed by atoms with Gasteiger partial charge in [-0.25, -0.2) is 0 Å². The van der Waals surface area contributed by atoms with Gasteiger partial charge in [-0.05, 0) is 12.3 Å². The molecule has 0 aromatic carbocycles. The molecule has 0 spiro atoms. The molecule has 0 heterocycles. The first-order chi connectivity index (χ1) is 6.20. The maximum atomic E-state index is 8.68. The molecule has 0 bridgehead atoms. The Kier molecular flexibility index (Phi) is 7.27. The fourth-order valence-corrected chi connectivity index (χ4v) is 0.848. The molecule has 3 nitrogen and oxygen atoms in total. The van der Waals surface area contributed by atoms with Crippen molar-refractivity contribution in [2.45, 2.75) is 26.4 Å². The summed E-state index contributed by atoms with van der Waals surface area (Å²) in [5, 5.41) is 8.68. The van der Waals surface area contributed by atoms with Gasteiger partial charge < -0.3 is 9.47 Å². The van der Waals surface area contributed by atoms with Gasteiger partial charge in [-0.15, -0.1) is 6.58 Å². The standard InChI is InChI=1S/C10H17NO2/c1-4-5-12-8-13-10(7-11)6-9(2)3/h4,9-10H,1,5-6,8H2,2-3H3. The van der Waals surface area contributed by atoms with Crippen LogP contribution in [0.3, 0.4) is 0 Å². The predicted molar refractivity (Wildman–Crippen MR) is 51.0 cm³/mol. The molecular formula is C10H17NO2. The van der Waals surface area contributed by atoms with Gasteiger partial charge in [-0.1, -0.05) is 19.9 Å². The summed E-state index contributed by atoms with van der Waals surface area (Å²) in [6.45, 7) is 8.23. The molecule has 0 aliphatic heterocycles. The molecule has 0 aliphatic rings. The van der Waals surface area contributed by atoms with Crippen LogP contribution in [0.1, 0.15) is 20.3 Å². The summed E-state index contributed by atoms with van der Waals surface area (Å²) in [4.78, 5) is 0. The molecule has 0 rings (SSSR count). The Morgan fingerprint density at radius 1 is 1.54 bits per heavy atom. The van der Waals surface area contributed by atoms with Crippen LogP contribution in [0.25, 0.3) is 0 Å². The number of nitrogens with zero attached hydrogens (tertiary/aromatic N) is 1. The van der Waals surface area contributed by atoms with E-state index < -0.39 is 0 Å². The predicted octanol–water partition coefficient (Wildman–Crippen LogP) is 2.10. The van der Waals surface area contributed by atoms with E-state index in [4.69, 9.17) is 14.7 Å². The number of hydrogen-bond donors (Lipinski definition) is 0. The van der Waals surface area contributed by atoms with Crippen LogP contribution in [-0.2, 0) is 9.47 Å². The van der Waals surface area contributed by atoms with E-state index in [0.717, 1.165) is 6.42 Å². The zero-order chi connectivity index (χ0) is 10.1. The summed E-state index contributed by atoms with van der Waals surface area (Å²) < 4.78 is 10.2. The topological polar surface area (TPSA) is 42.2 Å². The third-order valence-electron chi connectivity index (χ3n) is 1.42. The van der Waals surface area contributed by atoms with Crippen molar-refractivity contribution in [1.29, 1.82) is 5.26 Å². The van der Waals surface area contributed by atoms with Gasteiger partial charge in [-0.3, -0.25) is 0 Å². The van der Waals surface area contributed by atoms with Crippen molar-refractivity contribution >= 4 is 0 Å². The van der Waals surface area contributed by atoms with Gasteiger partial charge in [0.15, 0.2) is 0 Å². The summed E-state index contributed by atoms with van der Waals surface area (Å²) in [6, 6.07) is 2.08. The highest BCUT2D eigenvalue weighted by molar-refractivity contribution is 4.84. The molecule has 0 fully saturated rings. The van der Waals surface area contributed by atoms with Crippen molar-refractivity contribution in [3.63, 3.8) is 0 Å². The van der Waals surface area contributed by atoms with Crippen LogP contribution in [0.4, 0.5) is 0 Å². The molecule has 3 heteroatoms. The first kappa shape index (κ1) is 12.2. The zero-order valence-electron chi connectivity index (χ0n) is 8.32. The fraction of sp³-hybridized carbons (Fsp3) is 0.700. The van der Waals surface area contributed by atoms with Crippen molar-refractivity contribution in [1.82, 2.24) is 0 Å². The van der Waals surface area contributed by atoms with Crippen molar-refractivity contribution in [2.24, 2.45) is 5.92 Å². The molecule has 13 heavy (non-hydrogen) atoms. The van der Waals surface area contributed by atoms with E-state index in [-0.39, 0.29) is 12.9 Å². The largest absolute Gasteiger partial charge is 0.351 e. The Balaban J connectivity index is 3.49. The van der Waals surface area contributed by atoms with Crippen LogP contribution < -0.4 is 0 Å². The Morgan fingerprint density at radius 2 is 2.23 bits per heavy atom. The van der Waals surface area contributed by atoms with Gasteiger partial charge in [0.1, 0.15) is 12.9 Å². The van der Waals surface area contributed by atoms with E-state index >= 15 is 0 Å². The van der Waals surface area contributed by atoms with E-state index in [0.29, 0.717) is 12.5 Å². The van der Waals surface area contributed by atoms with E-state index in [1.807, 2.05) is 0 Å². The quantitative estimate of drug-likeness (QED) is 0.345. The second-order valence-electron chi connectivity index (χ2n) is 3.19. The van der Waals surface area contributed by atoms with Crippen LogP contribution in [0, 0.1) is 17.2 Å². The molecule has 0 aliphatic carbocycles. The summed E-state index contributed by atoms with van der Waals surface area (Å²) in [7, 11) is 0. The summed E-state index contributed by atoms with van der Waals surface area (Å²) in [6.07, 6.45) is 2.03. The molecule has 0 amide bonds. The third kappa shape index (κ3) is 7.51. The third-order valence-corrected chi connectivity index (χ3v) is 1.42. The van der Waals surface area contributed by atoms with Crippen molar-refractivity contribution < 1.29 is 9.47 Å². The molecular weight excluding hydrogens is 166 g/mol. The van der Waals surface area contributed by atoms with Crippen molar-refractivity contribution in [3.05, 3.63) is 12.7 Å². The van der Waals surface area contributed by atoms with Gasteiger partial charge in [0.25, 0.3) is 0 Å². The molecule has 1 unspecified atom stereocenters. The lowest BCUT2D eigenvalue weighted by Gasteiger charge is -2.12. The minimum atomic E-state index is -0.357. The lowest BCUT2D eigenvalue weighted by Crippen LogP contribution is -2.15. The monoisotopic (exact) mass is 183 g/mol. The molecule has 1 atom stereocenters. The Hall–Kier alpha value is -0.850. The Bertz CT molecular complexity index is 172. The van der Waals surface area contributed by atoms with E-state index in [2.05, 4.69) is 26.5 Å². The average Bonchev–Trinajstić information content (AvgIpc) is 2.09. The van der Waals surface area contributed by atoms with Crippen LogP contribution in [-0.4, -0.2) is 19.5 Å². The van der Waals surface area contributed by atoms with Gasteiger partial charge in [0.2, 0.25) is 0 Å². The van der Waals surface area contributed by atoms with Gasteiger partial charge in [0.05, 0.1) is 12.7 Å². The maximum absolute atomic E-state index is 8.68. The molecule has 74 valence electrons. The van der Waals surface area contributed by atoms with Crippen LogP contribution in [0.2, 0.25) is 0 Å². The van der Waals surface area contributed by atoms with E-state index in [1.165, 1.54) is 0 Å². The SMILES string of the molecule is C=CCOCOC(C#N)CC(C)C. The highest BCUT2D eigenvalue weighted by Crippen LogP contribution is 2.07. The molecule has 0 N–H and O–H groups in total. The van der Waals surface area contributed by atoms with Gasteiger partial charge in [0, 0.05) is 0 Å². The fourth-order valence-electron chi connectivity index (χ4n) is 0.848. The first-order valence-corrected chi connectivity index (χ1v) is 4.40. The summed E-state index contributed by atoms with van der Waals surface area (Å²) in [5.41, 5.74) is 0. The Morgan fingerprint density at radius 3 is 2.69 bits per heavy atom.